The van der Waals surface area contributed by atoms with Gasteiger partial charge in [0.05, 0.1) is 32.0 Å². The van der Waals surface area contributed by atoms with E-state index in [4.69, 9.17) is 23.7 Å². The third-order valence-electron chi connectivity index (χ3n) is 5.91. The van der Waals surface area contributed by atoms with Gasteiger partial charge >= 0.3 is 0 Å². The van der Waals surface area contributed by atoms with Gasteiger partial charge in [-0.25, -0.2) is 0 Å². The van der Waals surface area contributed by atoms with Gasteiger partial charge in [0.1, 0.15) is 54.9 Å². The zero-order valence-corrected chi connectivity index (χ0v) is 17.4. The molecule has 0 aromatic carbocycles. The van der Waals surface area contributed by atoms with Gasteiger partial charge in [-0.2, -0.15) is 0 Å². The first-order valence-corrected chi connectivity index (χ1v) is 10.5. The molecule has 10 N–H and O–H groups in total. The first-order chi connectivity index (χ1) is 15.5. The van der Waals surface area contributed by atoms with E-state index in [1.807, 2.05) is 0 Å². The van der Waals surface area contributed by atoms with Crippen LogP contribution in [0.5, 0.6) is 0 Å². The van der Waals surface area contributed by atoms with Crippen molar-refractivity contribution in [3.63, 3.8) is 0 Å². The summed E-state index contributed by atoms with van der Waals surface area (Å²) in [6.07, 6.45) is -20.9. The topological polar surface area (TPSA) is 248 Å². The second-order valence-corrected chi connectivity index (χ2v) is 8.32. The van der Waals surface area contributed by atoms with Crippen molar-refractivity contribution in [1.82, 2.24) is 0 Å². The fourth-order valence-corrected chi connectivity index (χ4v) is 3.83. The van der Waals surface area contributed by atoms with E-state index < -0.39 is 99.2 Å². The number of ether oxygens (including phenoxy) is 5. The molecule has 0 saturated carbocycles. The van der Waals surface area contributed by atoms with Crippen LogP contribution in [0.3, 0.4) is 0 Å². The van der Waals surface area contributed by atoms with Crippen molar-refractivity contribution in [2.75, 3.05) is 19.8 Å². The van der Waals surface area contributed by atoms with Crippen molar-refractivity contribution in [2.45, 2.75) is 92.4 Å². The summed E-state index contributed by atoms with van der Waals surface area (Å²) >= 11 is 0. The predicted octanol–water partition coefficient (Wildman–Crippen LogP) is -6.54. The molecule has 0 bridgehead atoms. The van der Waals surface area contributed by atoms with Crippen LogP contribution < -0.4 is 0 Å². The molecule has 15 heteroatoms. The molecular formula is C18H32O15. The van der Waals surface area contributed by atoms with Crippen LogP contribution in [-0.4, -0.2) is 157 Å². The Hall–Kier alpha value is -0.600. The quantitative estimate of drug-likeness (QED) is 0.160. The van der Waals surface area contributed by atoms with Crippen molar-refractivity contribution in [3.05, 3.63) is 0 Å². The van der Waals surface area contributed by atoms with Crippen molar-refractivity contribution in [3.8, 4) is 0 Å². The summed E-state index contributed by atoms with van der Waals surface area (Å²) in [5.41, 5.74) is 0. The second-order valence-electron chi connectivity index (χ2n) is 8.32. The Labute approximate surface area is 187 Å². The summed E-state index contributed by atoms with van der Waals surface area (Å²) in [6.45, 7) is -1.50. The fraction of sp³-hybridized carbons (Fsp3) is 1.00. The molecule has 15 nitrogen and oxygen atoms in total. The third kappa shape index (κ3) is 5.97. The van der Waals surface area contributed by atoms with Crippen LogP contribution in [0.25, 0.3) is 0 Å². The summed E-state index contributed by atoms with van der Waals surface area (Å²) in [6, 6.07) is 0. The van der Waals surface area contributed by atoms with Crippen LogP contribution >= 0.6 is 0 Å². The number of aliphatic hydroxyl groups excluding tert-OH is 10. The molecule has 3 aliphatic heterocycles. The minimum absolute atomic E-state index is 0.0874. The van der Waals surface area contributed by atoms with Gasteiger partial charge < -0.3 is 74.7 Å². The summed E-state index contributed by atoms with van der Waals surface area (Å²) in [5.74, 6) is 0. The third-order valence-corrected chi connectivity index (χ3v) is 5.91. The smallest absolute Gasteiger partial charge is 0.186 e. The molecule has 3 fully saturated rings. The number of rotatable bonds is 7. The molecule has 0 radical (unpaired) electrons. The largest absolute Gasteiger partial charge is 0.394 e. The summed E-state index contributed by atoms with van der Waals surface area (Å²) in [4.78, 5) is 0. The summed E-state index contributed by atoms with van der Waals surface area (Å²) < 4.78 is 26.4. The lowest BCUT2D eigenvalue weighted by atomic mass is 9.98. The molecule has 0 aromatic heterocycles. The van der Waals surface area contributed by atoms with E-state index in [1.54, 1.807) is 0 Å². The van der Waals surface area contributed by atoms with Crippen LogP contribution in [0.4, 0.5) is 0 Å². The van der Waals surface area contributed by atoms with Crippen LogP contribution in [-0.2, 0) is 23.7 Å². The lowest BCUT2D eigenvalue weighted by molar-refractivity contribution is -0.336. The van der Waals surface area contributed by atoms with Gasteiger partial charge in [-0.3, -0.25) is 0 Å². The average Bonchev–Trinajstić information content (AvgIpc) is 2.79. The maximum Gasteiger partial charge on any atom is 0.186 e. The second kappa shape index (κ2) is 11.4. The van der Waals surface area contributed by atoms with Crippen molar-refractivity contribution >= 4 is 0 Å². The van der Waals surface area contributed by atoms with Gasteiger partial charge in [0.25, 0.3) is 0 Å². The highest BCUT2D eigenvalue weighted by molar-refractivity contribution is 4.92. The molecule has 0 aliphatic carbocycles. The molecule has 14 atom stereocenters. The Balaban J connectivity index is 1.55. The Kier molecular flexibility index (Phi) is 9.35. The molecule has 3 heterocycles. The van der Waals surface area contributed by atoms with Gasteiger partial charge in [0, 0.05) is 6.42 Å². The van der Waals surface area contributed by atoms with E-state index in [2.05, 4.69) is 0 Å². The Bertz CT molecular complexity index is 597. The zero-order valence-electron chi connectivity index (χ0n) is 17.4. The minimum atomic E-state index is -1.72. The molecule has 0 unspecified atom stereocenters. The van der Waals surface area contributed by atoms with E-state index in [0.717, 1.165) is 0 Å². The Morgan fingerprint density at radius 1 is 0.576 bits per heavy atom. The maximum atomic E-state index is 10.2. The molecule has 194 valence electrons. The summed E-state index contributed by atoms with van der Waals surface area (Å²) in [5, 5.41) is 98.1. The average molecular weight is 488 g/mol. The molecule has 33 heavy (non-hydrogen) atoms. The normalized spacial score (nSPS) is 51.5. The molecule has 3 aliphatic rings. The first-order valence-electron chi connectivity index (χ1n) is 10.5. The van der Waals surface area contributed by atoms with E-state index in [9.17, 15) is 51.1 Å². The van der Waals surface area contributed by atoms with Crippen LogP contribution in [0.2, 0.25) is 0 Å². The minimum Gasteiger partial charge on any atom is -0.394 e. The molecular weight excluding hydrogens is 456 g/mol. The zero-order chi connectivity index (χ0) is 24.4. The number of hydrogen-bond acceptors (Lipinski definition) is 15. The number of aliphatic hydroxyl groups is 10. The Morgan fingerprint density at radius 2 is 1.09 bits per heavy atom. The maximum absolute atomic E-state index is 10.2. The first kappa shape index (κ1) is 27.0. The van der Waals surface area contributed by atoms with Crippen molar-refractivity contribution < 1.29 is 74.7 Å². The lowest BCUT2D eigenvalue weighted by Crippen LogP contribution is -2.62. The molecule has 0 aromatic rings. The lowest BCUT2D eigenvalue weighted by Gasteiger charge is -2.43. The standard InChI is InChI=1S/C18H32O15/c19-2-7-10(22)12(24)14(26)18(32-7)30-4-8-11(23)13(25)15(27)17(33-8)29-3-5-1-6(20)9(21)16(28)31-5/h5-28H,1-4H2/t5-,6-,7+,8+,9+,10+,11+,12-,13-,14+,15+,16-,17-,18-/m0/s1. The SMILES string of the molecule is OC[C@H]1O[C@H](OC[C@H]2O[C@H](OC[C@@H]3C[C@H](O)[C@@H](O)[C@@H](O)O3)[C@H](O)[C@@H](O)[C@@H]2O)[C@H](O)[C@@H](O)[C@@H]1O. The summed E-state index contributed by atoms with van der Waals surface area (Å²) in [7, 11) is 0. The van der Waals surface area contributed by atoms with Crippen molar-refractivity contribution in [2.24, 2.45) is 0 Å². The molecule has 0 amide bonds. The fourth-order valence-electron chi connectivity index (χ4n) is 3.83. The van der Waals surface area contributed by atoms with Gasteiger partial charge in [-0.1, -0.05) is 0 Å². The van der Waals surface area contributed by atoms with Gasteiger partial charge in [-0.05, 0) is 0 Å². The van der Waals surface area contributed by atoms with E-state index in [0.29, 0.717) is 0 Å². The van der Waals surface area contributed by atoms with E-state index in [1.165, 1.54) is 0 Å². The van der Waals surface area contributed by atoms with Crippen molar-refractivity contribution in [1.29, 1.82) is 0 Å². The Morgan fingerprint density at radius 3 is 1.64 bits per heavy atom. The van der Waals surface area contributed by atoms with Crippen LogP contribution in [0.15, 0.2) is 0 Å². The number of hydrogen-bond donors (Lipinski definition) is 10. The monoisotopic (exact) mass is 488 g/mol. The highest BCUT2D eigenvalue weighted by Gasteiger charge is 2.48. The van der Waals surface area contributed by atoms with Gasteiger partial charge in [-0.15, -0.1) is 0 Å². The van der Waals surface area contributed by atoms with Crippen LogP contribution in [0.1, 0.15) is 6.42 Å². The highest BCUT2D eigenvalue weighted by atomic mass is 16.7. The van der Waals surface area contributed by atoms with Gasteiger partial charge in [0.2, 0.25) is 0 Å². The molecule has 3 saturated heterocycles. The van der Waals surface area contributed by atoms with Crippen LogP contribution in [0, 0.1) is 0 Å². The molecule has 3 rings (SSSR count). The highest BCUT2D eigenvalue weighted by Crippen LogP contribution is 2.27. The van der Waals surface area contributed by atoms with Gasteiger partial charge in [0.15, 0.2) is 18.9 Å². The predicted molar refractivity (Wildman–Crippen MR) is 99.9 cm³/mol. The van der Waals surface area contributed by atoms with E-state index >= 15 is 0 Å². The van der Waals surface area contributed by atoms with E-state index in [-0.39, 0.29) is 13.0 Å². The molecule has 0 spiro atoms.